The van der Waals surface area contributed by atoms with Crippen LogP contribution in [0.4, 0.5) is 0 Å². The quantitative estimate of drug-likeness (QED) is 0.181. The number of hydrogen-bond donors (Lipinski definition) is 0. The molecule has 46 heavy (non-hydrogen) atoms. The second kappa shape index (κ2) is 11.8. The third kappa shape index (κ3) is 5.18. The molecule has 222 valence electrons. The molecule has 0 amide bonds. The number of aryl methyl sites for hydroxylation is 3. The molecule has 1 heteroatoms. The second-order valence-corrected chi connectivity index (χ2v) is 12.6. The molecule has 0 radical (unpaired) electrons. The molecule has 0 saturated heterocycles. The van der Waals surface area contributed by atoms with Crippen LogP contribution in [0.1, 0.15) is 39.9 Å². The summed E-state index contributed by atoms with van der Waals surface area (Å²) in [5.74, 6) is 0. The van der Waals surface area contributed by atoms with Crippen LogP contribution >= 0.6 is 0 Å². The van der Waals surface area contributed by atoms with Crippen LogP contribution in [0.25, 0.3) is 56.0 Å². The predicted octanol–water partition coefficient (Wildman–Crippen LogP) is 11.8. The largest absolute Gasteiger partial charge is 0.310 e. The van der Waals surface area contributed by atoms with Gasteiger partial charge in [-0.1, -0.05) is 115 Å². The van der Waals surface area contributed by atoms with E-state index in [-0.39, 0.29) is 0 Å². The summed E-state index contributed by atoms with van der Waals surface area (Å²) in [5, 5.41) is 1.35. The van der Waals surface area contributed by atoms with Gasteiger partial charge < -0.3 is 4.57 Å². The Hall–Kier alpha value is -5.40. The van der Waals surface area contributed by atoms with E-state index in [2.05, 4.69) is 170 Å². The van der Waals surface area contributed by atoms with E-state index in [1.165, 1.54) is 83.5 Å². The molecule has 1 aliphatic rings. The molecular formula is C45H37N. The van der Waals surface area contributed by atoms with Crippen molar-refractivity contribution in [1.29, 1.82) is 0 Å². The van der Waals surface area contributed by atoms with Gasteiger partial charge in [0.15, 0.2) is 0 Å². The molecule has 0 spiro atoms. The van der Waals surface area contributed by atoms with Crippen molar-refractivity contribution in [3.8, 4) is 39.1 Å². The molecule has 0 bridgehead atoms. The van der Waals surface area contributed by atoms with Gasteiger partial charge in [0.1, 0.15) is 0 Å². The normalized spacial score (nSPS) is 12.4. The fourth-order valence-electron chi connectivity index (χ4n) is 7.23. The molecule has 1 heterocycles. The van der Waals surface area contributed by atoms with Gasteiger partial charge in [0.25, 0.3) is 0 Å². The Balaban J connectivity index is 1.17. The zero-order valence-corrected chi connectivity index (χ0v) is 26.5. The van der Waals surface area contributed by atoms with Crippen LogP contribution < -0.4 is 0 Å². The van der Waals surface area contributed by atoms with E-state index in [1.807, 2.05) is 0 Å². The maximum absolute atomic E-state index is 2.47. The van der Waals surface area contributed by atoms with E-state index in [4.69, 9.17) is 0 Å². The van der Waals surface area contributed by atoms with E-state index in [1.54, 1.807) is 0 Å². The molecule has 0 saturated carbocycles. The van der Waals surface area contributed by atoms with Gasteiger partial charge in [0.2, 0.25) is 0 Å². The number of fused-ring (bicyclic) bond motifs is 3. The van der Waals surface area contributed by atoms with E-state index in [9.17, 15) is 0 Å². The molecular weight excluding hydrogens is 555 g/mol. The highest BCUT2D eigenvalue weighted by atomic mass is 15.0. The SMILES string of the molecule is Cc1ccccc1-c1ccc(-n2c3c(c4cc(-c5cccc(-c6cccc(Cc7ccccc7)c6)c5)ccc42)CCC=C3)cc1C. The summed E-state index contributed by atoms with van der Waals surface area (Å²) in [6.45, 7) is 4.43. The highest BCUT2D eigenvalue weighted by molar-refractivity contribution is 5.94. The van der Waals surface area contributed by atoms with Gasteiger partial charge in [-0.15, -0.1) is 0 Å². The monoisotopic (exact) mass is 591 g/mol. The lowest BCUT2D eigenvalue weighted by molar-refractivity contribution is 0.967. The molecule has 6 aromatic carbocycles. The summed E-state index contributed by atoms with van der Waals surface area (Å²) in [5.41, 5.74) is 18.1. The van der Waals surface area contributed by atoms with Crippen LogP contribution in [0.15, 0.2) is 146 Å². The van der Waals surface area contributed by atoms with Crippen LogP contribution in [0.5, 0.6) is 0 Å². The number of aromatic nitrogens is 1. The Morgan fingerprint density at radius 2 is 1.24 bits per heavy atom. The molecule has 0 aliphatic heterocycles. The molecule has 1 aromatic heterocycles. The van der Waals surface area contributed by atoms with Gasteiger partial charge in [-0.3, -0.25) is 0 Å². The summed E-state index contributed by atoms with van der Waals surface area (Å²) < 4.78 is 2.47. The minimum atomic E-state index is 0.940. The first-order valence-electron chi connectivity index (χ1n) is 16.4. The standard InChI is InChI=1S/C45H37N/c1-31-12-6-7-19-40(31)41-24-23-39(26-32(41)2)46-44-21-9-8-20-42(44)43-30-38(22-25-45(43)46)37-18-11-17-36(29-37)35-16-10-15-34(28-35)27-33-13-4-3-5-14-33/h3-7,9-19,21-26,28-30H,8,20,27H2,1-2H3. The van der Waals surface area contributed by atoms with Crippen LogP contribution in [0.2, 0.25) is 0 Å². The Morgan fingerprint density at radius 3 is 2.04 bits per heavy atom. The average molecular weight is 592 g/mol. The maximum atomic E-state index is 2.47. The first-order valence-corrected chi connectivity index (χ1v) is 16.4. The Morgan fingerprint density at radius 1 is 0.543 bits per heavy atom. The maximum Gasteiger partial charge on any atom is 0.0538 e. The highest BCUT2D eigenvalue weighted by Gasteiger charge is 2.20. The Kier molecular flexibility index (Phi) is 7.23. The summed E-state index contributed by atoms with van der Waals surface area (Å²) in [7, 11) is 0. The zero-order valence-electron chi connectivity index (χ0n) is 26.5. The highest BCUT2D eigenvalue weighted by Crippen LogP contribution is 2.38. The van der Waals surface area contributed by atoms with Crippen molar-refractivity contribution in [2.24, 2.45) is 0 Å². The van der Waals surface area contributed by atoms with Crippen LogP contribution in [-0.2, 0) is 12.8 Å². The molecule has 0 atom stereocenters. The van der Waals surface area contributed by atoms with Gasteiger partial charge >= 0.3 is 0 Å². The van der Waals surface area contributed by atoms with Gasteiger partial charge in [0, 0.05) is 16.8 Å². The average Bonchev–Trinajstić information content (AvgIpc) is 3.43. The van der Waals surface area contributed by atoms with E-state index in [0.717, 1.165) is 19.3 Å². The number of hydrogen-bond acceptors (Lipinski definition) is 0. The van der Waals surface area contributed by atoms with Crippen molar-refractivity contribution in [3.63, 3.8) is 0 Å². The summed E-state index contributed by atoms with van der Waals surface area (Å²) in [6, 6.07) is 51.4. The topological polar surface area (TPSA) is 4.93 Å². The minimum Gasteiger partial charge on any atom is -0.310 e. The number of allylic oxidation sites excluding steroid dienone is 1. The van der Waals surface area contributed by atoms with Crippen molar-refractivity contribution < 1.29 is 0 Å². The number of nitrogens with zero attached hydrogens (tertiary/aromatic N) is 1. The summed E-state index contributed by atoms with van der Waals surface area (Å²) in [4.78, 5) is 0. The van der Waals surface area contributed by atoms with E-state index in [0.29, 0.717) is 0 Å². The smallest absolute Gasteiger partial charge is 0.0538 e. The molecule has 0 unspecified atom stereocenters. The molecule has 1 aliphatic carbocycles. The second-order valence-electron chi connectivity index (χ2n) is 12.6. The van der Waals surface area contributed by atoms with E-state index >= 15 is 0 Å². The minimum absolute atomic E-state index is 0.940. The first-order chi connectivity index (χ1) is 22.6. The lowest BCUT2D eigenvalue weighted by atomic mass is 9.95. The number of rotatable bonds is 6. The summed E-state index contributed by atoms with van der Waals surface area (Å²) in [6.07, 6.45) is 7.73. The molecule has 7 aromatic rings. The molecule has 1 nitrogen and oxygen atoms in total. The van der Waals surface area contributed by atoms with Gasteiger partial charge in [0.05, 0.1) is 5.52 Å². The van der Waals surface area contributed by atoms with Crippen LogP contribution in [0.3, 0.4) is 0 Å². The fourth-order valence-corrected chi connectivity index (χ4v) is 7.23. The Bertz CT molecular complexity index is 2250. The van der Waals surface area contributed by atoms with Crippen molar-refractivity contribution in [1.82, 2.24) is 4.57 Å². The lowest BCUT2D eigenvalue weighted by Gasteiger charge is -2.15. The van der Waals surface area contributed by atoms with Crippen molar-refractivity contribution >= 4 is 17.0 Å². The summed E-state index contributed by atoms with van der Waals surface area (Å²) >= 11 is 0. The number of benzene rings is 6. The molecule has 0 fully saturated rings. The van der Waals surface area contributed by atoms with Crippen molar-refractivity contribution in [2.75, 3.05) is 0 Å². The predicted molar refractivity (Wildman–Crippen MR) is 196 cm³/mol. The lowest BCUT2D eigenvalue weighted by Crippen LogP contribution is -2.01. The van der Waals surface area contributed by atoms with Crippen molar-refractivity contribution in [3.05, 3.63) is 179 Å². The molecule has 0 N–H and O–H groups in total. The van der Waals surface area contributed by atoms with Gasteiger partial charge in [-0.05, 0) is 131 Å². The third-order valence-corrected chi connectivity index (χ3v) is 9.56. The van der Waals surface area contributed by atoms with Crippen molar-refractivity contribution in [2.45, 2.75) is 33.1 Å². The van der Waals surface area contributed by atoms with Gasteiger partial charge in [-0.25, -0.2) is 0 Å². The third-order valence-electron chi connectivity index (χ3n) is 9.56. The zero-order chi connectivity index (χ0) is 31.0. The Labute approximate surface area is 272 Å². The van der Waals surface area contributed by atoms with Gasteiger partial charge in [-0.2, -0.15) is 0 Å². The molecule has 8 rings (SSSR count). The van der Waals surface area contributed by atoms with Crippen LogP contribution in [0, 0.1) is 13.8 Å². The first kappa shape index (κ1) is 28.1. The fraction of sp³-hybridized carbons (Fsp3) is 0.111. The van der Waals surface area contributed by atoms with Crippen LogP contribution in [-0.4, -0.2) is 4.57 Å². The van der Waals surface area contributed by atoms with E-state index < -0.39 is 0 Å².